The molecule has 6 rings (SSSR count). The van der Waals surface area contributed by atoms with Crippen LogP contribution in [0.25, 0.3) is 11.0 Å². The maximum atomic E-state index is 13.2. The van der Waals surface area contributed by atoms with E-state index in [4.69, 9.17) is 9.15 Å². The van der Waals surface area contributed by atoms with Gasteiger partial charge in [0.25, 0.3) is 11.8 Å². The van der Waals surface area contributed by atoms with Gasteiger partial charge in [-0.15, -0.1) is 0 Å². The molecule has 0 saturated carbocycles. The average Bonchev–Trinajstić information content (AvgIpc) is 3.44. The molecule has 7 nitrogen and oxygen atoms in total. The molecule has 184 valence electrons. The normalized spacial score (nSPS) is 14.3. The van der Waals surface area contributed by atoms with Gasteiger partial charge in [-0.05, 0) is 91.8 Å². The smallest absolute Gasteiger partial charge is 0.338 e. The first-order valence-corrected chi connectivity index (χ1v) is 12.2. The summed E-state index contributed by atoms with van der Waals surface area (Å²) in [6.07, 6.45) is 2.97. The number of aryl methyl sites for hydroxylation is 4. The van der Waals surface area contributed by atoms with Gasteiger partial charge in [0.2, 0.25) is 0 Å². The van der Waals surface area contributed by atoms with Crippen LogP contribution >= 0.6 is 0 Å². The summed E-state index contributed by atoms with van der Waals surface area (Å²) in [5, 5.41) is 0.743. The zero-order valence-corrected chi connectivity index (χ0v) is 20.4. The zero-order valence-electron chi connectivity index (χ0n) is 20.4. The van der Waals surface area contributed by atoms with Crippen LogP contribution in [0.15, 0.2) is 63.8 Å². The molecule has 37 heavy (non-hydrogen) atoms. The fourth-order valence-corrected chi connectivity index (χ4v) is 5.19. The number of nitrogens with zero attached hydrogens (tertiary/aromatic N) is 1. The number of imide groups is 1. The van der Waals surface area contributed by atoms with Crippen molar-refractivity contribution in [2.24, 2.45) is 0 Å². The van der Waals surface area contributed by atoms with Gasteiger partial charge < -0.3 is 9.15 Å². The maximum Gasteiger partial charge on any atom is 0.338 e. The second-order valence-electron chi connectivity index (χ2n) is 9.63. The Balaban J connectivity index is 1.27. The Morgan fingerprint density at radius 3 is 2.46 bits per heavy atom. The summed E-state index contributed by atoms with van der Waals surface area (Å²) in [6, 6.07) is 15.2. The lowest BCUT2D eigenvalue weighted by molar-refractivity contribution is 0.0473. The van der Waals surface area contributed by atoms with E-state index in [1.54, 1.807) is 6.07 Å². The monoisotopic (exact) mass is 493 g/mol. The molecule has 0 fully saturated rings. The van der Waals surface area contributed by atoms with Crippen LogP contribution in [0.3, 0.4) is 0 Å². The van der Waals surface area contributed by atoms with Gasteiger partial charge in [0.1, 0.15) is 12.2 Å². The van der Waals surface area contributed by atoms with Crippen molar-refractivity contribution in [1.82, 2.24) is 0 Å². The molecule has 0 atom stereocenters. The molecule has 0 N–H and O–H groups in total. The first-order chi connectivity index (χ1) is 17.8. The largest absolute Gasteiger partial charge is 0.457 e. The minimum absolute atomic E-state index is 0.127. The molecule has 4 aromatic rings. The number of anilines is 1. The maximum absolute atomic E-state index is 13.2. The lowest BCUT2D eigenvalue weighted by Crippen LogP contribution is -2.30. The van der Waals surface area contributed by atoms with Crippen molar-refractivity contribution in [3.63, 3.8) is 0 Å². The lowest BCUT2D eigenvalue weighted by atomic mass is 10.0. The second-order valence-corrected chi connectivity index (χ2v) is 9.63. The van der Waals surface area contributed by atoms with Crippen LogP contribution in [0, 0.1) is 13.8 Å². The van der Waals surface area contributed by atoms with Crippen molar-refractivity contribution in [2.45, 2.75) is 39.7 Å². The van der Waals surface area contributed by atoms with Crippen molar-refractivity contribution >= 4 is 34.4 Å². The molecule has 1 aromatic heterocycles. The van der Waals surface area contributed by atoms with Gasteiger partial charge >= 0.3 is 11.6 Å². The minimum atomic E-state index is -0.657. The summed E-state index contributed by atoms with van der Waals surface area (Å²) in [6.45, 7) is 3.60. The van der Waals surface area contributed by atoms with E-state index in [-0.39, 0.29) is 23.3 Å². The lowest BCUT2D eigenvalue weighted by Gasteiger charge is -2.17. The number of amides is 2. The van der Waals surface area contributed by atoms with E-state index in [1.807, 2.05) is 38.1 Å². The van der Waals surface area contributed by atoms with Crippen LogP contribution in [0.4, 0.5) is 5.69 Å². The van der Waals surface area contributed by atoms with Crippen LogP contribution in [-0.4, -0.2) is 17.8 Å². The molecule has 2 amide bonds. The number of rotatable bonds is 4. The molecule has 0 saturated heterocycles. The molecule has 1 aliphatic heterocycles. The number of benzene rings is 3. The summed E-state index contributed by atoms with van der Waals surface area (Å²) in [5.74, 6) is -1.57. The summed E-state index contributed by atoms with van der Waals surface area (Å²) >= 11 is 0. The molecule has 1 aliphatic carbocycles. The van der Waals surface area contributed by atoms with E-state index in [9.17, 15) is 19.2 Å². The van der Waals surface area contributed by atoms with Crippen LogP contribution in [0.1, 0.15) is 65.3 Å². The van der Waals surface area contributed by atoms with Gasteiger partial charge in [-0.2, -0.15) is 0 Å². The third-order valence-corrected chi connectivity index (χ3v) is 7.13. The van der Waals surface area contributed by atoms with Crippen molar-refractivity contribution in [3.8, 4) is 0 Å². The highest BCUT2D eigenvalue weighted by molar-refractivity contribution is 6.35. The minimum Gasteiger partial charge on any atom is -0.457 e. The van der Waals surface area contributed by atoms with E-state index in [1.165, 1.54) is 35.4 Å². The fourth-order valence-electron chi connectivity index (χ4n) is 5.19. The van der Waals surface area contributed by atoms with E-state index in [2.05, 4.69) is 0 Å². The molecular weight excluding hydrogens is 470 g/mol. The van der Waals surface area contributed by atoms with Gasteiger partial charge in [-0.25, -0.2) is 14.5 Å². The standard InChI is InChI=1S/C30H23NO6/c1-16-6-7-17(2)25(10-16)31-28(33)22-9-8-20(12-24(22)29(31)34)30(35)36-15-21-14-27(32)37-26-13-19-5-3-4-18(19)11-23(21)26/h6-14H,3-5,15H2,1-2H3. The molecule has 2 aliphatic rings. The van der Waals surface area contributed by atoms with E-state index >= 15 is 0 Å². The molecular formula is C30H23NO6. The Morgan fingerprint density at radius 1 is 0.892 bits per heavy atom. The molecule has 3 aromatic carbocycles. The average molecular weight is 494 g/mol. The number of ether oxygens (including phenoxy) is 1. The predicted octanol–water partition coefficient (Wildman–Crippen LogP) is 5.06. The zero-order chi connectivity index (χ0) is 25.8. The molecule has 0 radical (unpaired) electrons. The Hall–Kier alpha value is -4.52. The van der Waals surface area contributed by atoms with Crippen molar-refractivity contribution in [3.05, 3.63) is 110 Å². The molecule has 7 heteroatoms. The second kappa shape index (κ2) is 8.55. The van der Waals surface area contributed by atoms with Crippen molar-refractivity contribution < 1.29 is 23.5 Å². The third kappa shape index (κ3) is 3.83. The number of carbonyl (C=O) groups is 3. The number of hydrogen-bond acceptors (Lipinski definition) is 6. The molecule has 0 bridgehead atoms. The van der Waals surface area contributed by atoms with E-state index in [0.717, 1.165) is 40.7 Å². The Bertz CT molecular complexity index is 1710. The van der Waals surface area contributed by atoms with Crippen LogP contribution < -0.4 is 10.5 Å². The van der Waals surface area contributed by atoms with Crippen molar-refractivity contribution in [1.29, 1.82) is 0 Å². The van der Waals surface area contributed by atoms with Gasteiger partial charge in [-0.3, -0.25) is 9.59 Å². The number of fused-ring (bicyclic) bond motifs is 3. The van der Waals surface area contributed by atoms with E-state index < -0.39 is 23.4 Å². The number of carbonyl (C=O) groups excluding carboxylic acids is 3. The van der Waals surface area contributed by atoms with E-state index in [0.29, 0.717) is 16.8 Å². The van der Waals surface area contributed by atoms with Gasteiger partial charge in [0.05, 0.1) is 22.4 Å². The SMILES string of the molecule is Cc1ccc(C)c(N2C(=O)c3ccc(C(=O)OCc4cc(=O)oc5cc6c(cc45)CCC6)cc3C2=O)c1. The van der Waals surface area contributed by atoms with Crippen LogP contribution in [-0.2, 0) is 24.2 Å². The Labute approximate surface area is 212 Å². The fraction of sp³-hybridized carbons (Fsp3) is 0.200. The van der Waals surface area contributed by atoms with Crippen LogP contribution in [0.2, 0.25) is 0 Å². The molecule has 2 heterocycles. The Kier molecular flexibility index (Phi) is 5.30. The highest BCUT2D eigenvalue weighted by Crippen LogP contribution is 2.32. The highest BCUT2D eigenvalue weighted by atomic mass is 16.5. The summed E-state index contributed by atoms with van der Waals surface area (Å²) in [4.78, 5) is 52.5. The van der Waals surface area contributed by atoms with Crippen molar-refractivity contribution in [2.75, 3.05) is 4.90 Å². The van der Waals surface area contributed by atoms with Gasteiger partial charge in [0.15, 0.2) is 0 Å². The number of esters is 1. The topological polar surface area (TPSA) is 93.9 Å². The van der Waals surface area contributed by atoms with Gasteiger partial charge in [0, 0.05) is 17.0 Å². The highest BCUT2D eigenvalue weighted by Gasteiger charge is 2.38. The van der Waals surface area contributed by atoms with Crippen LogP contribution in [0.5, 0.6) is 0 Å². The summed E-state index contributed by atoms with van der Waals surface area (Å²) in [7, 11) is 0. The van der Waals surface area contributed by atoms with Gasteiger partial charge in [-0.1, -0.05) is 12.1 Å². The number of hydrogen-bond donors (Lipinski definition) is 0. The first kappa shape index (κ1) is 22.9. The predicted molar refractivity (Wildman–Crippen MR) is 137 cm³/mol. The quantitative estimate of drug-likeness (QED) is 0.224. The first-order valence-electron chi connectivity index (χ1n) is 12.2. The molecule has 0 unspecified atom stereocenters. The molecule has 0 spiro atoms. The Morgan fingerprint density at radius 2 is 1.65 bits per heavy atom. The third-order valence-electron chi connectivity index (χ3n) is 7.13. The summed E-state index contributed by atoms with van der Waals surface area (Å²) < 4.78 is 10.9. The summed E-state index contributed by atoms with van der Waals surface area (Å²) in [5.41, 5.74) is 5.71.